The molecule has 0 amide bonds. The highest BCUT2D eigenvalue weighted by Gasteiger charge is 2.28. The lowest BCUT2D eigenvalue weighted by atomic mass is 9.63. The Balaban J connectivity index is 1.98. The molecule has 4 heterocycles. The van der Waals surface area contributed by atoms with Gasteiger partial charge in [0.1, 0.15) is 19.4 Å². The fourth-order valence-corrected chi connectivity index (χ4v) is 2.69. The Morgan fingerprint density at radius 2 is 2.25 bits per heavy atom. The van der Waals surface area contributed by atoms with Crippen molar-refractivity contribution in [3.63, 3.8) is 0 Å². The molecule has 1 aliphatic heterocycles. The molecule has 6 heteroatoms. The predicted molar refractivity (Wildman–Crippen MR) is 77.6 cm³/mol. The van der Waals surface area contributed by atoms with Crippen LogP contribution < -0.4 is 20.2 Å². The SMILES string of the molecule is CB1C=c2c(oc3ncccc23)=CN1n1ccc[n+]1C. The van der Waals surface area contributed by atoms with Crippen molar-refractivity contribution < 1.29 is 9.10 Å². The molecule has 0 spiro atoms. The lowest BCUT2D eigenvalue weighted by Crippen LogP contribution is -2.56. The number of fused-ring (bicyclic) bond motifs is 3. The molecule has 0 radical (unpaired) electrons. The molecule has 0 unspecified atom stereocenters. The molecule has 1 aliphatic rings. The number of nitrogens with zero attached hydrogens (tertiary/aromatic N) is 4. The van der Waals surface area contributed by atoms with Crippen LogP contribution in [-0.4, -0.2) is 16.6 Å². The van der Waals surface area contributed by atoms with Crippen LogP contribution in [-0.2, 0) is 7.05 Å². The maximum Gasteiger partial charge on any atom is 0.425 e. The fourth-order valence-electron chi connectivity index (χ4n) is 2.69. The summed E-state index contributed by atoms with van der Waals surface area (Å²) in [5, 5.41) is 2.20. The van der Waals surface area contributed by atoms with Crippen LogP contribution in [0, 0.1) is 0 Å². The third-order valence-corrected chi connectivity index (χ3v) is 3.69. The van der Waals surface area contributed by atoms with Crippen molar-refractivity contribution in [3.8, 4) is 0 Å². The van der Waals surface area contributed by atoms with Crippen LogP contribution >= 0.6 is 0 Å². The van der Waals surface area contributed by atoms with Gasteiger partial charge in [0.25, 0.3) is 0 Å². The standard InChI is InChI=1S/C14H14BN4O/c1-15-9-12-11-5-3-6-16-14(11)20-13(12)10-18(15)19-8-4-7-17(19)2/h3-10H,1-2H3/q+1. The van der Waals surface area contributed by atoms with Crippen molar-refractivity contribution in [2.75, 3.05) is 4.92 Å². The maximum atomic E-state index is 5.84. The van der Waals surface area contributed by atoms with Gasteiger partial charge in [0.15, 0.2) is 5.42 Å². The number of hydrogen-bond acceptors (Lipinski definition) is 3. The second kappa shape index (κ2) is 4.00. The Kier molecular flexibility index (Phi) is 2.27. The van der Waals surface area contributed by atoms with Gasteiger partial charge in [-0.05, 0) is 19.0 Å². The number of furan rings is 1. The van der Waals surface area contributed by atoms with E-state index >= 15 is 0 Å². The molecule has 3 aromatic rings. The summed E-state index contributed by atoms with van der Waals surface area (Å²) < 4.78 is 7.87. The zero-order valence-electron chi connectivity index (χ0n) is 11.4. The lowest BCUT2D eigenvalue weighted by molar-refractivity contribution is -0.750. The highest BCUT2D eigenvalue weighted by molar-refractivity contribution is 6.75. The van der Waals surface area contributed by atoms with E-state index in [0.717, 1.165) is 16.0 Å². The Hall–Kier alpha value is -2.50. The fraction of sp³-hybridized carbons (Fsp3) is 0.143. The molecular formula is C14H14BN4O+. The van der Waals surface area contributed by atoms with Crippen LogP contribution in [0.15, 0.2) is 41.2 Å². The van der Waals surface area contributed by atoms with Crippen molar-refractivity contribution in [3.05, 3.63) is 47.4 Å². The first kappa shape index (κ1) is 11.3. The van der Waals surface area contributed by atoms with Crippen LogP contribution in [0.3, 0.4) is 0 Å². The van der Waals surface area contributed by atoms with E-state index < -0.39 is 0 Å². The van der Waals surface area contributed by atoms with E-state index in [0.29, 0.717) is 5.71 Å². The summed E-state index contributed by atoms with van der Waals surface area (Å²) in [5.41, 5.74) is 1.54. The predicted octanol–water partition coefficient (Wildman–Crippen LogP) is -0.215. The summed E-state index contributed by atoms with van der Waals surface area (Å²) in [7, 11) is 2.01. The third kappa shape index (κ3) is 1.51. The number of hydrogen-bond donors (Lipinski definition) is 0. The summed E-state index contributed by atoms with van der Waals surface area (Å²) in [6, 6.07) is 6.00. The largest absolute Gasteiger partial charge is 0.434 e. The Morgan fingerprint density at radius 3 is 3.05 bits per heavy atom. The molecule has 0 fully saturated rings. The van der Waals surface area contributed by atoms with Crippen LogP contribution in [0.4, 0.5) is 0 Å². The number of aryl methyl sites for hydroxylation is 1. The molecule has 98 valence electrons. The quantitative estimate of drug-likeness (QED) is 0.451. The summed E-state index contributed by atoms with van der Waals surface area (Å²) in [4.78, 5) is 8.46. The van der Waals surface area contributed by atoms with Gasteiger partial charge in [-0.15, -0.1) is 0 Å². The number of aromatic nitrogens is 3. The molecule has 20 heavy (non-hydrogen) atoms. The molecule has 3 aromatic heterocycles. The smallest absolute Gasteiger partial charge is 0.425 e. The van der Waals surface area contributed by atoms with Gasteiger partial charge < -0.3 is 4.42 Å². The Labute approximate surface area is 116 Å². The van der Waals surface area contributed by atoms with E-state index in [-0.39, 0.29) is 6.85 Å². The van der Waals surface area contributed by atoms with E-state index in [1.54, 1.807) is 6.20 Å². The Bertz CT molecular complexity index is 911. The van der Waals surface area contributed by atoms with Crippen LogP contribution in [0.2, 0.25) is 6.82 Å². The second-order valence-electron chi connectivity index (χ2n) is 5.04. The minimum absolute atomic E-state index is 0.238. The molecule has 0 bridgehead atoms. The monoisotopic (exact) mass is 265 g/mol. The highest BCUT2D eigenvalue weighted by atomic mass is 16.3. The van der Waals surface area contributed by atoms with Crippen LogP contribution in [0.25, 0.3) is 23.3 Å². The van der Waals surface area contributed by atoms with Gasteiger partial charge in [0.05, 0.1) is 6.20 Å². The van der Waals surface area contributed by atoms with Crippen molar-refractivity contribution in [1.29, 1.82) is 0 Å². The van der Waals surface area contributed by atoms with Crippen molar-refractivity contribution in [1.82, 2.24) is 9.77 Å². The second-order valence-corrected chi connectivity index (χ2v) is 5.04. The molecular weight excluding hydrogens is 251 g/mol. The molecule has 0 aliphatic carbocycles. The first-order valence-electron chi connectivity index (χ1n) is 6.63. The minimum Gasteiger partial charge on any atom is -0.434 e. The zero-order valence-corrected chi connectivity index (χ0v) is 11.4. The Morgan fingerprint density at radius 1 is 1.35 bits per heavy atom. The first-order valence-corrected chi connectivity index (χ1v) is 6.63. The van der Waals surface area contributed by atoms with Gasteiger partial charge >= 0.3 is 6.85 Å². The van der Waals surface area contributed by atoms with Gasteiger partial charge in [-0.3, -0.25) is 0 Å². The number of rotatable bonds is 1. The van der Waals surface area contributed by atoms with Crippen molar-refractivity contribution in [2.24, 2.45) is 7.05 Å². The molecule has 0 N–H and O–H groups in total. The van der Waals surface area contributed by atoms with Gasteiger partial charge in [0, 0.05) is 22.9 Å². The highest BCUT2D eigenvalue weighted by Crippen LogP contribution is 2.07. The topological polar surface area (TPSA) is 38.1 Å². The molecule has 5 nitrogen and oxygen atoms in total. The summed E-state index contributed by atoms with van der Waals surface area (Å²) in [5.74, 6) is 2.21. The number of pyridine rings is 1. The van der Waals surface area contributed by atoms with Crippen LogP contribution in [0.5, 0.6) is 0 Å². The van der Waals surface area contributed by atoms with Gasteiger partial charge in [0.2, 0.25) is 5.71 Å². The van der Waals surface area contributed by atoms with E-state index in [9.17, 15) is 0 Å². The van der Waals surface area contributed by atoms with Crippen molar-refractivity contribution in [2.45, 2.75) is 6.82 Å². The first-order chi connectivity index (χ1) is 9.74. The maximum absolute atomic E-state index is 5.84. The summed E-state index contributed by atoms with van der Waals surface area (Å²) >= 11 is 0. The van der Waals surface area contributed by atoms with E-state index in [2.05, 4.69) is 22.7 Å². The van der Waals surface area contributed by atoms with Crippen LogP contribution in [0.1, 0.15) is 0 Å². The molecule has 0 saturated heterocycles. The van der Waals surface area contributed by atoms with Gasteiger partial charge in [-0.1, -0.05) is 10.8 Å². The molecule has 0 atom stereocenters. The van der Waals surface area contributed by atoms with E-state index in [4.69, 9.17) is 4.42 Å². The lowest BCUT2D eigenvalue weighted by Gasteiger charge is -2.18. The third-order valence-electron chi connectivity index (χ3n) is 3.69. The minimum atomic E-state index is 0.238. The summed E-state index contributed by atoms with van der Waals surface area (Å²) in [6.45, 7) is 2.40. The molecule has 0 aromatic carbocycles. The normalized spacial score (nSPS) is 14.1. The van der Waals surface area contributed by atoms with Crippen molar-refractivity contribution >= 4 is 30.1 Å². The zero-order chi connectivity index (χ0) is 13.7. The average Bonchev–Trinajstić information content (AvgIpc) is 3.01. The molecule has 4 rings (SSSR count). The average molecular weight is 265 g/mol. The van der Waals surface area contributed by atoms with Gasteiger partial charge in [-0.2, -0.15) is 4.68 Å². The summed E-state index contributed by atoms with van der Waals surface area (Å²) in [6.07, 6.45) is 7.81. The van der Waals surface area contributed by atoms with E-state index in [1.807, 2.05) is 53.3 Å². The molecule has 0 saturated carbocycles. The van der Waals surface area contributed by atoms with Gasteiger partial charge in [-0.25, -0.2) is 9.90 Å². The van der Waals surface area contributed by atoms with E-state index in [1.165, 1.54) is 0 Å².